The SMILES string of the molecule is CN=S1(=O)CCN(c2ccc(CN3CCC[C@H]3c3ccc4c(c3)OCCO4)cc2)CC1. The highest BCUT2D eigenvalue weighted by atomic mass is 32.2. The normalized spacial score (nSPS) is 23.0. The van der Waals surface area contributed by atoms with E-state index in [9.17, 15) is 4.21 Å². The highest BCUT2D eigenvalue weighted by Gasteiger charge is 2.27. The second-order valence-corrected chi connectivity index (χ2v) is 11.3. The van der Waals surface area contributed by atoms with E-state index in [1.807, 2.05) is 0 Å². The molecule has 0 saturated carbocycles. The molecule has 7 heteroatoms. The van der Waals surface area contributed by atoms with Gasteiger partial charge in [-0.15, -0.1) is 0 Å². The number of fused-ring (bicyclic) bond motifs is 1. The van der Waals surface area contributed by atoms with Crippen LogP contribution in [0.15, 0.2) is 46.8 Å². The smallest absolute Gasteiger partial charge is 0.161 e. The van der Waals surface area contributed by atoms with E-state index in [1.54, 1.807) is 7.05 Å². The Balaban J connectivity index is 1.25. The van der Waals surface area contributed by atoms with Crippen molar-refractivity contribution in [2.24, 2.45) is 4.36 Å². The Morgan fingerprint density at radius 2 is 1.74 bits per heavy atom. The third kappa shape index (κ3) is 4.39. The Hall–Kier alpha value is -2.25. The molecule has 1 atom stereocenters. The van der Waals surface area contributed by atoms with Gasteiger partial charge in [-0.2, -0.15) is 0 Å². The third-order valence-corrected chi connectivity index (χ3v) is 9.00. The maximum absolute atomic E-state index is 12.4. The first-order valence-electron chi connectivity index (χ1n) is 11.2. The fraction of sp³-hybridized carbons (Fsp3) is 0.500. The van der Waals surface area contributed by atoms with E-state index in [0.29, 0.717) is 30.8 Å². The molecule has 31 heavy (non-hydrogen) atoms. The Labute approximate surface area is 185 Å². The van der Waals surface area contributed by atoms with Crippen molar-refractivity contribution >= 4 is 15.4 Å². The molecular formula is C24H31N3O3S. The summed E-state index contributed by atoms with van der Waals surface area (Å²) in [7, 11) is -0.288. The molecule has 5 rings (SSSR count). The number of hydrogen-bond donors (Lipinski definition) is 0. The van der Waals surface area contributed by atoms with Gasteiger partial charge in [0.15, 0.2) is 11.5 Å². The van der Waals surface area contributed by atoms with E-state index in [2.05, 4.69) is 56.6 Å². The predicted molar refractivity (Wildman–Crippen MR) is 125 cm³/mol. The molecule has 0 radical (unpaired) electrons. The van der Waals surface area contributed by atoms with Crippen LogP contribution in [0.25, 0.3) is 0 Å². The molecule has 0 N–H and O–H groups in total. The number of rotatable bonds is 4. The van der Waals surface area contributed by atoms with Crippen molar-refractivity contribution in [3.05, 3.63) is 53.6 Å². The molecule has 0 unspecified atom stereocenters. The summed E-state index contributed by atoms with van der Waals surface area (Å²) in [6, 6.07) is 15.7. The predicted octanol–water partition coefficient (Wildman–Crippen LogP) is 3.71. The van der Waals surface area contributed by atoms with E-state index in [0.717, 1.165) is 37.7 Å². The van der Waals surface area contributed by atoms with Gasteiger partial charge in [0.1, 0.15) is 13.2 Å². The largest absolute Gasteiger partial charge is 0.486 e. The van der Waals surface area contributed by atoms with Crippen molar-refractivity contribution in [1.29, 1.82) is 0 Å². The van der Waals surface area contributed by atoms with Crippen molar-refractivity contribution in [2.75, 3.05) is 56.3 Å². The summed E-state index contributed by atoms with van der Waals surface area (Å²) in [5.74, 6) is 3.06. The Bertz CT molecular complexity index is 1030. The fourth-order valence-corrected chi connectivity index (χ4v) is 6.45. The van der Waals surface area contributed by atoms with E-state index >= 15 is 0 Å². The monoisotopic (exact) mass is 441 g/mol. The van der Waals surface area contributed by atoms with E-state index in [4.69, 9.17) is 9.47 Å². The Morgan fingerprint density at radius 3 is 2.48 bits per heavy atom. The standard InChI is InChI=1S/C24H31N3O3S/c1-25-31(28)15-11-26(12-16-31)21-7-4-19(5-8-21)18-27-10-2-3-22(27)20-6-9-23-24(17-20)30-14-13-29-23/h4-9,17,22H,2-3,10-16,18H2,1H3/t22-/m0/s1. The maximum Gasteiger partial charge on any atom is 0.161 e. The zero-order chi connectivity index (χ0) is 21.3. The lowest BCUT2D eigenvalue weighted by molar-refractivity contribution is 0.170. The molecule has 3 aliphatic rings. The fourth-order valence-electron chi connectivity index (χ4n) is 4.87. The van der Waals surface area contributed by atoms with Crippen LogP contribution >= 0.6 is 0 Å². The van der Waals surface area contributed by atoms with Gasteiger partial charge in [-0.05, 0) is 54.8 Å². The highest BCUT2D eigenvalue weighted by Crippen LogP contribution is 2.38. The first-order chi connectivity index (χ1) is 15.1. The average molecular weight is 442 g/mol. The van der Waals surface area contributed by atoms with Crippen LogP contribution < -0.4 is 14.4 Å². The maximum atomic E-state index is 12.4. The molecule has 0 aromatic heterocycles. The number of hydrogen-bond acceptors (Lipinski definition) is 6. The van der Waals surface area contributed by atoms with Crippen LogP contribution in [0.2, 0.25) is 0 Å². The van der Waals surface area contributed by atoms with Gasteiger partial charge in [0.05, 0.1) is 0 Å². The molecule has 2 saturated heterocycles. The number of anilines is 1. The van der Waals surface area contributed by atoms with Gasteiger partial charge < -0.3 is 14.4 Å². The Morgan fingerprint density at radius 1 is 1.00 bits per heavy atom. The average Bonchev–Trinajstić information content (AvgIpc) is 3.28. The highest BCUT2D eigenvalue weighted by molar-refractivity contribution is 7.93. The molecule has 0 amide bonds. The molecule has 3 heterocycles. The van der Waals surface area contributed by atoms with Gasteiger partial charge in [0, 0.05) is 59.6 Å². The number of nitrogens with zero attached hydrogens (tertiary/aromatic N) is 3. The molecule has 0 bridgehead atoms. The lowest BCUT2D eigenvalue weighted by Crippen LogP contribution is -2.40. The summed E-state index contributed by atoms with van der Waals surface area (Å²) in [6.07, 6.45) is 2.39. The van der Waals surface area contributed by atoms with Gasteiger partial charge in [-0.3, -0.25) is 4.90 Å². The van der Waals surface area contributed by atoms with Crippen LogP contribution in [0.1, 0.15) is 30.0 Å². The second kappa shape index (κ2) is 8.71. The Kier molecular flexibility index (Phi) is 5.80. The van der Waals surface area contributed by atoms with Crippen molar-refractivity contribution < 1.29 is 13.7 Å². The zero-order valence-corrected chi connectivity index (χ0v) is 19.0. The van der Waals surface area contributed by atoms with Gasteiger partial charge in [-0.1, -0.05) is 18.2 Å². The lowest BCUT2D eigenvalue weighted by atomic mass is 10.0. The second-order valence-electron chi connectivity index (χ2n) is 8.55. The molecular weight excluding hydrogens is 410 g/mol. The van der Waals surface area contributed by atoms with Crippen LogP contribution in [-0.2, 0) is 16.3 Å². The minimum atomic E-state index is -1.97. The van der Waals surface area contributed by atoms with Crippen molar-refractivity contribution in [2.45, 2.75) is 25.4 Å². The van der Waals surface area contributed by atoms with Crippen LogP contribution in [0.5, 0.6) is 11.5 Å². The number of ether oxygens (including phenoxy) is 2. The molecule has 2 aromatic rings. The van der Waals surface area contributed by atoms with Crippen molar-refractivity contribution in [3.8, 4) is 11.5 Å². The first-order valence-corrected chi connectivity index (χ1v) is 13.1. The molecule has 0 spiro atoms. The van der Waals surface area contributed by atoms with Gasteiger partial charge >= 0.3 is 0 Å². The van der Waals surface area contributed by atoms with Crippen LogP contribution in [0.4, 0.5) is 5.69 Å². The van der Waals surface area contributed by atoms with Gasteiger partial charge in [0.2, 0.25) is 0 Å². The van der Waals surface area contributed by atoms with Crippen molar-refractivity contribution in [1.82, 2.24) is 4.90 Å². The van der Waals surface area contributed by atoms with E-state index < -0.39 is 9.73 Å². The van der Waals surface area contributed by atoms with Gasteiger partial charge in [-0.25, -0.2) is 8.57 Å². The third-order valence-electron chi connectivity index (χ3n) is 6.69. The van der Waals surface area contributed by atoms with Crippen LogP contribution in [0, 0.1) is 0 Å². The first kappa shape index (κ1) is 20.6. The summed E-state index contributed by atoms with van der Waals surface area (Å²) in [5.41, 5.74) is 3.86. The number of likely N-dealkylation sites (tertiary alicyclic amines) is 1. The summed E-state index contributed by atoms with van der Waals surface area (Å²) in [5, 5.41) is 0. The lowest BCUT2D eigenvalue weighted by Gasteiger charge is -2.31. The van der Waals surface area contributed by atoms with Crippen molar-refractivity contribution in [3.63, 3.8) is 0 Å². The van der Waals surface area contributed by atoms with E-state index in [-0.39, 0.29) is 0 Å². The summed E-state index contributed by atoms with van der Waals surface area (Å²) in [4.78, 5) is 4.89. The topological polar surface area (TPSA) is 54.4 Å². The van der Waals surface area contributed by atoms with E-state index in [1.165, 1.54) is 29.7 Å². The summed E-state index contributed by atoms with van der Waals surface area (Å²) >= 11 is 0. The molecule has 2 aromatic carbocycles. The molecule has 6 nitrogen and oxygen atoms in total. The minimum Gasteiger partial charge on any atom is -0.486 e. The molecule has 0 aliphatic carbocycles. The molecule has 166 valence electrons. The quantitative estimate of drug-likeness (QED) is 0.724. The summed E-state index contributed by atoms with van der Waals surface area (Å²) < 4.78 is 28.0. The van der Waals surface area contributed by atoms with Crippen LogP contribution in [-0.4, -0.2) is 60.5 Å². The summed E-state index contributed by atoms with van der Waals surface area (Å²) in [6.45, 7) is 4.94. The minimum absolute atomic E-state index is 0.420. The molecule has 2 fully saturated rings. The zero-order valence-electron chi connectivity index (χ0n) is 18.2. The van der Waals surface area contributed by atoms with Crippen LogP contribution in [0.3, 0.4) is 0 Å². The number of benzene rings is 2. The molecule has 3 aliphatic heterocycles. The van der Waals surface area contributed by atoms with Gasteiger partial charge in [0.25, 0.3) is 0 Å².